The molecule has 1 aliphatic carbocycles. The quantitative estimate of drug-likeness (QED) is 0.859. The third kappa shape index (κ3) is 2.55. The summed E-state index contributed by atoms with van der Waals surface area (Å²) in [6, 6.07) is 0. The average molecular weight is 335 g/mol. The van der Waals surface area contributed by atoms with Gasteiger partial charge in [-0.3, -0.25) is 0 Å². The molecule has 1 aromatic rings. The predicted octanol–water partition coefficient (Wildman–Crippen LogP) is 2.86. The Bertz CT molecular complexity index is 366. The van der Waals surface area contributed by atoms with E-state index in [1.807, 2.05) is 7.05 Å². The summed E-state index contributed by atoms with van der Waals surface area (Å²) in [6.45, 7) is 0. The highest BCUT2D eigenvalue weighted by molar-refractivity contribution is 14.1. The molecule has 0 bridgehead atoms. The van der Waals surface area contributed by atoms with Gasteiger partial charge in [0.15, 0.2) is 0 Å². The van der Waals surface area contributed by atoms with Crippen molar-refractivity contribution in [2.45, 2.75) is 24.5 Å². The normalized spacial score (nSPS) is 15.4. The smallest absolute Gasteiger partial charge is 0.143 e. The SMILES string of the molecule is CNc1nc(CSC)nc(C2CC2)c1I. The molecule has 0 aliphatic heterocycles. The van der Waals surface area contributed by atoms with Crippen LogP contribution in [0.4, 0.5) is 5.82 Å². The van der Waals surface area contributed by atoms with Crippen LogP contribution < -0.4 is 5.32 Å². The van der Waals surface area contributed by atoms with E-state index >= 15 is 0 Å². The Morgan fingerprint density at radius 3 is 2.73 bits per heavy atom. The first-order valence-corrected chi connectivity index (χ1v) is 7.46. The molecule has 3 nitrogen and oxygen atoms in total. The van der Waals surface area contributed by atoms with E-state index in [9.17, 15) is 0 Å². The van der Waals surface area contributed by atoms with E-state index in [1.165, 1.54) is 22.1 Å². The Morgan fingerprint density at radius 2 is 2.20 bits per heavy atom. The zero-order chi connectivity index (χ0) is 10.8. The van der Waals surface area contributed by atoms with Crippen LogP contribution in [-0.4, -0.2) is 23.3 Å². The number of hydrogen-bond acceptors (Lipinski definition) is 4. The Labute approximate surface area is 108 Å². The molecule has 1 aromatic heterocycles. The zero-order valence-electron chi connectivity index (χ0n) is 8.88. The Balaban J connectivity index is 2.38. The van der Waals surface area contributed by atoms with Crippen molar-refractivity contribution in [1.82, 2.24) is 9.97 Å². The van der Waals surface area contributed by atoms with Crippen molar-refractivity contribution in [3.63, 3.8) is 0 Å². The minimum absolute atomic E-state index is 0.688. The molecule has 2 rings (SSSR count). The fraction of sp³-hybridized carbons (Fsp3) is 0.600. The summed E-state index contributed by atoms with van der Waals surface area (Å²) in [6.07, 6.45) is 4.65. The lowest BCUT2D eigenvalue weighted by Gasteiger charge is -2.09. The molecule has 0 atom stereocenters. The summed E-state index contributed by atoms with van der Waals surface area (Å²) >= 11 is 4.11. The maximum absolute atomic E-state index is 4.65. The van der Waals surface area contributed by atoms with Crippen LogP contribution in [0.3, 0.4) is 0 Å². The molecular formula is C10H14IN3S. The van der Waals surface area contributed by atoms with Crippen molar-refractivity contribution < 1.29 is 0 Å². The van der Waals surface area contributed by atoms with Gasteiger partial charge in [-0.05, 0) is 41.7 Å². The number of thioether (sulfide) groups is 1. The lowest BCUT2D eigenvalue weighted by atomic mass is 10.2. The highest BCUT2D eigenvalue weighted by Crippen LogP contribution is 2.42. The molecule has 0 radical (unpaired) electrons. The topological polar surface area (TPSA) is 37.8 Å². The fourth-order valence-corrected chi connectivity index (χ4v) is 2.84. The number of nitrogens with one attached hydrogen (secondary N) is 1. The molecule has 82 valence electrons. The molecule has 0 aromatic carbocycles. The van der Waals surface area contributed by atoms with Crippen LogP contribution in [-0.2, 0) is 5.75 Å². The summed E-state index contributed by atoms with van der Waals surface area (Å²) in [5.41, 5.74) is 1.25. The summed E-state index contributed by atoms with van der Waals surface area (Å²) in [5, 5.41) is 3.15. The first kappa shape index (κ1) is 11.4. The third-order valence-corrected chi connectivity index (χ3v) is 4.01. The van der Waals surface area contributed by atoms with Crippen LogP contribution in [0.15, 0.2) is 0 Å². The molecule has 15 heavy (non-hydrogen) atoms. The molecule has 1 N–H and O–H groups in total. The van der Waals surface area contributed by atoms with Crippen LogP contribution in [0.2, 0.25) is 0 Å². The van der Waals surface area contributed by atoms with Gasteiger partial charge in [-0.25, -0.2) is 9.97 Å². The molecule has 5 heteroatoms. The molecule has 0 unspecified atom stereocenters. The van der Waals surface area contributed by atoms with E-state index in [1.54, 1.807) is 11.8 Å². The Hall–Kier alpha value is -0.0400. The van der Waals surface area contributed by atoms with Crippen molar-refractivity contribution in [3.8, 4) is 0 Å². The van der Waals surface area contributed by atoms with Gasteiger partial charge < -0.3 is 5.32 Å². The van der Waals surface area contributed by atoms with Crippen molar-refractivity contribution in [1.29, 1.82) is 0 Å². The Morgan fingerprint density at radius 1 is 1.47 bits per heavy atom. The third-order valence-electron chi connectivity index (χ3n) is 2.40. The fourth-order valence-electron chi connectivity index (χ4n) is 1.50. The summed E-state index contributed by atoms with van der Waals surface area (Å²) in [7, 11) is 1.92. The molecule has 1 saturated carbocycles. The van der Waals surface area contributed by atoms with Gasteiger partial charge >= 0.3 is 0 Å². The number of rotatable bonds is 4. The number of halogens is 1. The number of aromatic nitrogens is 2. The van der Waals surface area contributed by atoms with Crippen molar-refractivity contribution in [2.24, 2.45) is 0 Å². The molecule has 1 fully saturated rings. The van der Waals surface area contributed by atoms with Gasteiger partial charge in [0, 0.05) is 13.0 Å². The van der Waals surface area contributed by atoms with E-state index in [4.69, 9.17) is 0 Å². The maximum atomic E-state index is 4.65. The predicted molar refractivity (Wildman–Crippen MR) is 73.5 cm³/mol. The lowest BCUT2D eigenvalue weighted by molar-refractivity contribution is 0.921. The van der Waals surface area contributed by atoms with Gasteiger partial charge in [-0.15, -0.1) is 0 Å². The average Bonchev–Trinajstić information content (AvgIpc) is 3.04. The van der Waals surface area contributed by atoms with Crippen LogP contribution in [0, 0.1) is 3.57 Å². The minimum atomic E-state index is 0.688. The minimum Gasteiger partial charge on any atom is -0.372 e. The van der Waals surface area contributed by atoms with Gasteiger partial charge in [0.1, 0.15) is 11.6 Å². The van der Waals surface area contributed by atoms with E-state index < -0.39 is 0 Å². The zero-order valence-corrected chi connectivity index (χ0v) is 11.9. The van der Waals surface area contributed by atoms with E-state index in [-0.39, 0.29) is 0 Å². The second kappa shape index (κ2) is 4.86. The number of hydrogen-bond donors (Lipinski definition) is 1. The van der Waals surface area contributed by atoms with Crippen LogP contribution in [0.5, 0.6) is 0 Å². The first-order valence-electron chi connectivity index (χ1n) is 4.99. The molecule has 0 amide bonds. The van der Waals surface area contributed by atoms with Crippen LogP contribution >= 0.6 is 34.4 Å². The molecule has 1 heterocycles. The van der Waals surface area contributed by atoms with E-state index in [0.717, 1.165) is 17.4 Å². The second-order valence-electron chi connectivity index (χ2n) is 3.64. The first-order chi connectivity index (χ1) is 7.26. The van der Waals surface area contributed by atoms with E-state index in [2.05, 4.69) is 44.1 Å². The van der Waals surface area contributed by atoms with Crippen LogP contribution in [0.1, 0.15) is 30.3 Å². The van der Waals surface area contributed by atoms with Gasteiger partial charge in [-0.2, -0.15) is 11.8 Å². The summed E-state index contributed by atoms with van der Waals surface area (Å²) < 4.78 is 1.20. The molecular weight excluding hydrogens is 321 g/mol. The van der Waals surface area contributed by atoms with E-state index in [0.29, 0.717) is 5.92 Å². The molecule has 0 spiro atoms. The van der Waals surface area contributed by atoms with Gasteiger partial charge in [0.25, 0.3) is 0 Å². The molecule has 1 aliphatic rings. The van der Waals surface area contributed by atoms with Crippen LogP contribution in [0.25, 0.3) is 0 Å². The monoisotopic (exact) mass is 335 g/mol. The van der Waals surface area contributed by atoms with Gasteiger partial charge in [-0.1, -0.05) is 0 Å². The Kier molecular flexibility index (Phi) is 3.71. The second-order valence-corrected chi connectivity index (χ2v) is 5.59. The standard InChI is InChI=1S/C10H14IN3S/c1-12-10-8(11)9(6-3-4-6)13-7(14-10)5-15-2/h6H,3-5H2,1-2H3,(H,12,13,14). The highest BCUT2D eigenvalue weighted by atomic mass is 127. The summed E-state index contributed by atoms with van der Waals surface area (Å²) in [5.74, 6) is 3.52. The lowest BCUT2D eigenvalue weighted by Crippen LogP contribution is -2.06. The van der Waals surface area contributed by atoms with Gasteiger partial charge in [0.05, 0.1) is 15.0 Å². The summed E-state index contributed by atoms with van der Waals surface area (Å²) in [4.78, 5) is 9.15. The van der Waals surface area contributed by atoms with Crippen molar-refractivity contribution in [3.05, 3.63) is 15.1 Å². The number of anilines is 1. The van der Waals surface area contributed by atoms with Gasteiger partial charge in [0.2, 0.25) is 0 Å². The highest BCUT2D eigenvalue weighted by Gasteiger charge is 2.29. The van der Waals surface area contributed by atoms with Crippen molar-refractivity contribution in [2.75, 3.05) is 18.6 Å². The molecule has 0 saturated heterocycles. The number of nitrogens with zero attached hydrogens (tertiary/aromatic N) is 2. The maximum Gasteiger partial charge on any atom is 0.143 e. The largest absolute Gasteiger partial charge is 0.372 e. The van der Waals surface area contributed by atoms with Crippen molar-refractivity contribution >= 4 is 40.2 Å².